The van der Waals surface area contributed by atoms with Crippen molar-refractivity contribution in [2.24, 2.45) is 0 Å². The summed E-state index contributed by atoms with van der Waals surface area (Å²) in [7, 11) is 3.14. The lowest BCUT2D eigenvalue weighted by atomic mass is 10.0. The first kappa shape index (κ1) is 14.2. The topological polar surface area (TPSA) is 59.0 Å². The highest BCUT2D eigenvalue weighted by atomic mass is 16.5. The Hall–Kier alpha value is -2.79. The van der Waals surface area contributed by atoms with Crippen LogP contribution in [0.1, 0.15) is 11.1 Å². The van der Waals surface area contributed by atoms with E-state index in [4.69, 9.17) is 9.47 Å². The van der Waals surface area contributed by atoms with Gasteiger partial charge in [-0.2, -0.15) is 5.06 Å². The number of para-hydroxylation sites is 1. The predicted molar refractivity (Wildman–Crippen MR) is 83.1 cm³/mol. The number of methoxy groups -OCH3 is 2. The molecule has 3 rings (SSSR count). The maximum absolute atomic E-state index is 12.3. The Labute approximate surface area is 128 Å². The van der Waals surface area contributed by atoms with Gasteiger partial charge in [-0.1, -0.05) is 18.2 Å². The molecule has 0 aliphatic carbocycles. The van der Waals surface area contributed by atoms with E-state index in [1.807, 2.05) is 6.07 Å². The van der Waals surface area contributed by atoms with Gasteiger partial charge in [0.15, 0.2) is 0 Å². The smallest absolute Gasteiger partial charge is 0.282 e. The van der Waals surface area contributed by atoms with E-state index in [0.717, 1.165) is 0 Å². The van der Waals surface area contributed by atoms with Crippen LogP contribution in [0.25, 0.3) is 11.6 Å². The molecule has 2 aromatic rings. The summed E-state index contributed by atoms with van der Waals surface area (Å²) in [6.07, 6.45) is 1.69. The number of amides is 1. The standard InChI is InChI=1S/C17H15NO4/c1-21-12-7-8-16(22-2)11(9-12)10-14-13-5-3-4-6-15(13)18(20)17(14)19/h3-10,20H,1-2H3. The lowest BCUT2D eigenvalue weighted by Crippen LogP contribution is -2.21. The fourth-order valence-electron chi connectivity index (χ4n) is 2.47. The molecule has 0 fully saturated rings. The summed E-state index contributed by atoms with van der Waals surface area (Å²) in [6.45, 7) is 0. The predicted octanol–water partition coefficient (Wildman–Crippen LogP) is 2.98. The Bertz CT molecular complexity index is 767. The van der Waals surface area contributed by atoms with Gasteiger partial charge in [-0.25, -0.2) is 0 Å². The monoisotopic (exact) mass is 297 g/mol. The van der Waals surface area contributed by atoms with Gasteiger partial charge in [-0.3, -0.25) is 10.0 Å². The molecule has 0 spiro atoms. The highest BCUT2D eigenvalue weighted by Crippen LogP contribution is 2.38. The molecule has 0 radical (unpaired) electrons. The molecule has 0 saturated carbocycles. The van der Waals surface area contributed by atoms with Crippen molar-refractivity contribution in [3.05, 3.63) is 53.6 Å². The van der Waals surface area contributed by atoms with Crippen LogP contribution in [0.4, 0.5) is 5.69 Å². The number of carbonyl (C=O) groups excluding carboxylic acids is 1. The number of ether oxygens (including phenoxy) is 2. The quantitative estimate of drug-likeness (QED) is 0.699. The lowest BCUT2D eigenvalue weighted by molar-refractivity contribution is -0.117. The summed E-state index contributed by atoms with van der Waals surface area (Å²) in [6, 6.07) is 12.4. The Balaban J connectivity index is 2.15. The van der Waals surface area contributed by atoms with E-state index in [1.165, 1.54) is 0 Å². The van der Waals surface area contributed by atoms with Crippen LogP contribution < -0.4 is 14.5 Å². The normalized spacial score (nSPS) is 15.1. The second-order valence-corrected chi connectivity index (χ2v) is 4.80. The molecule has 1 aliphatic rings. The van der Waals surface area contributed by atoms with Crippen molar-refractivity contribution in [3.63, 3.8) is 0 Å². The van der Waals surface area contributed by atoms with Gasteiger partial charge < -0.3 is 9.47 Å². The Morgan fingerprint density at radius 2 is 1.86 bits per heavy atom. The number of rotatable bonds is 3. The minimum Gasteiger partial charge on any atom is -0.497 e. The molecule has 112 valence electrons. The number of nitrogens with zero attached hydrogens (tertiary/aromatic N) is 1. The van der Waals surface area contributed by atoms with Crippen LogP contribution in [0, 0.1) is 0 Å². The van der Waals surface area contributed by atoms with Gasteiger partial charge in [0.1, 0.15) is 11.5 Å². The van der Waals surface area contributed by atoms with Crippen LogP contribution in [0.3, 0.4) is 0 Å². The number of carbonyl (C=O) groups is 1. The molecular weight excluding hydrogens is 282 g/mol. The third kappa shape index (κ3) is 2.21. The summed E-state index contributed by atoms with van der Waals surface area (Å²) < 4.78 is 10.5. The Morgan fingerprint density at radius 1 is 1.09 bits per heavy atom. The van der Waals surface area contributed by atoms with Gasteiger partial charge in [0, 0.05) is 11.1 Å². The van der Waals surface area contributed by atoms with E-state index >= 15 is 0 Å². The molecule has 1 N–H and O–H groups in total. The summed E-state index contributed by atoms with van der Waals surface area (Å²) in [4.78, 5) is 12.3. The fraction of sp³-hybridized carbons (Fsp3) is 0.118. The van der Waals surface area contributed by atoms with E-state index < -0.39 is 5.91 Å². The minimum absolute atomic E-state index is 0.407. The molecule has 5 heteroatoms. The first-order chi connectivity index (χ1) is 10.7. The molecular formula is C17H15NO4. The van der Waals surface area contributed by atoms with Crippen molar-refractivity contribution in [1.82, 2.24) is 0 Å². The summed E-state index contributed by atoms with van der Waals surface area (Å²) in [5.41, 5.74) is 2.26. The number of hydrogen-bond acceptors (Lipinski definition) is 4. The van der Waals surface area contributed by atoms with Gasteiger partial charge in [0.25, 0.3) is 5.91 Å². The van der Waals surface area contributed by atoms with Crippen LogP contribution >= 0.6 is 0 Å². The maximum atomic E-state index is 12.3. The molecule has 0 atom stereocenters. The van der Waals surface area contributed by atoms with Crippen molar-refractivity contribution < 1.29 is 19.5 Å². The average molecular weight is 297 g/mol. The van der Waals surface area contributed by atoms with E-state index in [1.54, 1.807) is 56.7 Å². The fourth-order valence-corrected chi connectivity index (χ4v) is 2.47. The van der Waals surface area contributed by atoms with Crippen molar-refractivity contribution in [1.29, 1.82) is 0 Å². The molecule has 1 aliphatic heterocycles. The summed E-state index contributed by atoms with van der Waals surface area (Å²) in [5.74, 6) is 0.813. The van der Waals surface area contributed by atoms with Crippen molar-refractivity contribution in [2.45, 2.75) is 0 Å². The van der Waals surface area contributed by atoms with E-state index in [9.17, 15) is 10.0 Å². The van der Waals surface area contributed by atoms with Crippen molar-refractivity contribution in [2.75, 3.05) is 19.3 Å². The van der Waals surface area contributed by atoms with Gasteiger partial charge in [0.2, 0.25) is 0 Å². The third-order valence-electron chi connectivity index (χ3n) is 3.58. The second-order valence-electron chi connectivity index (χ2n) is 4.80. The van der Waals surface area contributed by atoms with Crippen LogP contribution in [0.2, 0.25) is 0 Å². The zero-order valence-corrected chi connectivity index (χ0v) is 12.2. The van der Waals surface area contributed by atoms with Gasteiger partial charge in [-0.05, 0) is 30.3 Å². The Morgan fingerprint density at radius 3 is 2.59 bits per heavy atom. The van der Waals surface area contributed by atoms with E-state index in [0.29, 0.717) is 38.9 Å². The average Bonchev–Trinajstić information content (AvgIpc) is 2.80. The number of hydrogen-bond donors (Lipinski definition) is 1. The van der Waals surface area contributed by atoms with Gasteiger partial charge >= 0.3 is 0 Å². The SMILES string of the molecule is COc1ccc(OC)c(C=C2C(=O)N(O)c3ccccc32)c1. The van der Waals surface area contributed by atoms with Gasteiger partial charge in [-0.15, -0.1) is 0 Å². The maximum Gasteiger partial charge on any atom is 0.282 e. The summed E-state index contributed by atoms with van der Waals surface area (Å²) >= 11 is 0. The molecule has 1 amide bonds. The zero-order chi connectivity index (χ0) is 15.7. The molecule has 0 saturated heterocycles. The summed E-state index contributed by atoms with van der Waals surface area (Å²) in [5, 5.41) is 10.6. The van der Waals surface area contributed by atoms with Crippen molar-refractivity contribution >= 4 is 23.2 Å². The number of fused-ring (bicyclic) bond motifs is 1. The minimum atomic E-state index is -0.467. The largest absolute Gasteiger partial charge is 0.497 e. The zero-order valence-electron chi connectivity index (χ0n) is 12.2. The molecule has 0 aromatic heterocycles. The molecule has 2 aromatic carbocycles. The third-order valence-corrected chi connectivity index (χ3v) is 3.58. The molecule has 22 heavy (non-hydrogen) atoms. The first-order valence-corrected chi connectivity index (χ1v) is 6.72. The van der Waals surface area contributed by atoms with Crippen LogP contribution in [-0.2, 0) is 4.79 Å². The number of hydroxylamine groups is 1. The van der Waals surface area contributed by atoms with Crippen LogP contribution in [0.15, 0.2) is 42.5 Å². The first-order valence-electron chi connectivity index (χ1n) is 6.72. The van der Waals surface area contributed by atoms with Gasteiger partial charge in [0.05, 0.1) is 25.5 Å². The van der Waals surface area contributed by atoms with E-state index in [2.05, 4.69) is 0 Å². The second kappa shape index (κ2) is 5.54. The lowest BCUT2D eigenvalue weighted by Gasteiger charge is -2.08. The number of benzene rings is 2. The van der Waals surface area contributed by atoms with Crippen LogP contribution in [0.5, 0.6) is 11.5 Å². The van der Waals surface area contributed by atoms with Crippen molar-refractivity contribution in [3.8, 4) is 11.5 Å². The molecule has 0 bridgehead atoms. The highest BCUT2D eigenvalue weighted by molar-refractivity contribution is 6.35. The molecule has 0 unspecified atom stereocenters. The number of anilines is 1. The highest BCUT2D eigenvalue weighted by Gasteiger charge is 2.31. The molecule has 1 heterocycles. The van der Waals surface area contributed by atoms with Crippen LogP contribution in [-0.4, -0.2) is 25.3 Å². The van der Waals surface area contributed by atoms with E-state index in [-0.39, 0.29) is 0 Å². The Kier molecular flexibility index (Phi) is 3.56. The molecule has 5 nitrogen and oxygen atoms in total.